The van der Waals surface area contributed by atoms with Crippen molar-refractivity contribution in [2.75, 3.05) is 23.4 Å². The molecule has 28 heavy (non-hydrogen) atoms. The van der Waals surface area contributed by atoms with Crippen molar-refractivity contribution in [1.82, 2.24) is 9.97 Å². The molecule has 0 aliphatic carbocycles. The number of aromatic nitrogens is 2. The zero-order valence-corrected chi connectivity index (χ0v) is 16.4. The van der Waals surface area contributed by atoms with Gasteiger partial charge in [-0.1, -0.05) is 18.2 Å². The monoisotopic (exact) mass is 394 g/mol. The summed E-state index contributed by atoms with van der Waals surface area (Å²) in [6.45, 7) is 2.44. The molecule has 2 aromatic heterocycles. The van der Waals surface area contributed by atoms with Crippen LogP contribution in [0.5, 0.6) is 0 Å². The zero-order chi connectivity index (χ0) is 19.7. The lowest BCUT2D eigenvalue weighted by Crippen LogP contribution is -2.25. The topological polar surface area (TPSA) is 49.3 Å². The van der Waals surface area contributed by atoms with Crippen molar-refractivity contribution in [3.8, 4) is 0 Å². The van der Waals surface area contributed by atoms with Gasteiger partial charge in [0.15, 0.2) is 5.82 Å². The number of rotatable bonds is 4. The van der Waals surface area contributed by atoms with E-state index >= 15 is 0 Å². The Morgan fingerprint density at radius 1 is 1.11 bits per heavy atom. The van der Waals surface area contributed by atoms with E-state index in [9.17, 15) is 9.18 Å². The first-order valence-electron chi connectivity index (χ1n) is 8.97. The van der Waals surface area contributed by atoms with Gasteiger partial charge in [0.1, 0.15) is 5.82 Å². The van der Waals surface area contributed by atoms with Gasteiger partial charge in [0.05, 0.1) is 11.3 Å². The second-order valence-corrected chi connectivity index (χ2v) is 7.45. The van der Waals surface area contributed by atoms with Crippen LogP contribution in [0.4, 0.5) is 21.7 Å². The highest BCUT2D eigenvalue weighted by Gasteiger charge is 2.31. The molecule has 1 aromatic carbocycles. The molecule has 3 aromatic rings. The van der Waals surface area contributed by atoms with E-state index in [4.69, 9.17) is 0 Å². The molecule has 0 unspecified atom stereocenters. The summed E-state index contributed by atoms with van der Waals surface area (Å²) in [5.74, 6) is 0.838. The number of hydrogen-bond acceptors (Lipinski definition) is 5. The number of nitrogens with zero attached hydrogens (tertiary/aromatic N) is 4. The molecule has 0 fully saturated rings. The first-order chi connectivity index (χ1) is 13.6. The van der Waals surface area contributed by atoms with Gasteiger partial charge in [0, 0.05) is 30.4 Å². The van der Waals surface area contributed by atoms with Crippen LogP contribution in [0.3, 0.4) is 0 Å². The average molecular weight is 394 g/mol. The van der Waals surface area contributed by atoms with Crippen LogP contribution >= 0.6 is 11.8 Å². The van der Waals surface area contributed by atoms with Crippen LogP contribution < -0.4 is 9.80 Å². The van der Waals surface area contributed by atoms with Crippen molar-refractivity contribution < 1.29 is 9.18 Å². The summed E-state index contributed by atoms with van der Waals surface area (Å²) in [7, 11) is 1.68. The van der Waals surface area contributed by atoms with Gasteiger partial charge in [-0.15, -0.1) is 11.8 Å². The van der Waals surface area contributed by atoms with Crippen LogP contribution in [0.25, 0.3) is 0 Å². The Morgan fingerprint density at radius 2 is 1.89 bits per heavy atom. The maximum atomic E-state index is 13.8. The molecule has 0 N–H and O–H groups in total. The number of pyridine rings is 2. The Hall–Kier alpha value is -2.93. The Balaban J connectivity index is 1.73. The molecule has 0 bridgehead atoms. The van der Waals surface area contributed by atoms with E-state index in [2.05, 4.69) is 22.1 Å². The van der Waals surface area contributed by atoms with Crippen LogP contribution in [0.2, 0.25) is 0 Å². The summed E-state index contributed by atoms with van der Waals surface area (Å²) in [5.41, 5.74) is 2.01. The molecule has 0 radical (unpaired) electrons. The Morgan fingerprint density at radius 3 is 2.64 bits per heavy atom. The molecular weight excluding hydrogens is 375 g/mol. The maximum absolute atomic E-state index is 13.8. The molecule has 5 nitrogen and oxygen atoms in total. The number of halogens is 1. The third kappa shape index (κ3) is 3.33. The Bertz CT molecular complexity index is 1030. The van der Waals surface area contributed by atoms with Crippen LogP contribution in [-0.2, 0) is 5.75 Å². The molecule has 3 heterocycles. The first-order valence-corrected chi connectivity index (χ1v) is 9.96. The van der Waals surface area contributed by atoms with Gasteiger partial charge in [-0.3, -0.25) is 4.79 Å². The van der Waals surface area contributed by atoms with Gasteiger partial charge >= 0.3 is 0 Å². The van der Waals surface area contributed by atoms with E-state index in [1.54, 1.807) is 36.0 Å². The minimum absolute atomic E-state index is 0.181. The highest BCUT2D eigenvalue weighted by atomic mass is 32.2. The van der Waals surface area contributed by atoms with E-state index < -0.39 is 5.95 Å². The number of hydrogen-bond donors (Lipinski definition) is 0. The minimum atomic E-state index is -0.586. The average Bonchev–Trinajstić information content (AvgIpc) is 2.80. The van der Waals surface area contributed by atoms with Crippen LogP contribution in [-0.4, -0.2) is 29.5 Å². The fourth-order valence-electron chi connectivity index (χ4n) is 3.20. The molecule has 1 aliphatic rings. The molecular formula is C21H19FN4OS. The molecule has 0 spiro atoms. The third-order valence-electron chi connectivity index (χ3n) is 4.62. The lowest BCUT2D eigenvalue weighted by Gasteiger charge is -2.22. The van der Waals surface area contributed by atoms with E-state index in [-0.39, 0.29) is 5.91 Å². The van der Waals surface area contributed by atoms with Crippen LogP contribution in [0.15, 0.2) is 59.6 Å². The standard InChI is InChI=1S/C21H19FN4OS/c1-3-26-19-16(21(27)25(2)17-9-10-18(22)24-20(17)26)11-14(12-23-19)13-28-15-7-5-4-6-8-15/h4-12H,3,13H2,1-2H3. The van der Waals surface area contributed by atoms with Crippen LogP contribution in [0, 0.1) is 5.95 Å². The fourth-order valence-corrected chi connectivity index (χ4v) is 4.04. The number of carbonyl (C=O) groups is 1. The predicted octanol–water partition coefficient (Wildman–Crippen LogP) is 4.66. The highest BCUT2D eigenvalue weighted by Crippen LogP contribution is 2.38. The molecule has 0 saturated carbocycles. The second kappa shape index (κ2) is 7.59. The summed E-state index contributed by atoms with van der Waals surface area (Å²) in [6, 6.07) is 14.8. The third-order valence-corrected chi connectivity index (χ3v) is 5.70. The smallest absolute Gasteiger partial charge is 0.261 e. The molecule has 1 amide bonds. The van der Waals surface area contributed by atoms with E-state index in [1.165, 1.54) is 11.0 Å². The van der Waals surface area contributed by atoms with Crippen molar-refractivity contribution in [3.63, 3.8) is 0 Å². The van der Waals surface area contributed by atoms with Gasteiger partial charge < -0.3 is 9.80 Å². The van der Waals surface area contributed by atoms with Crippen molar-refractivity contribution in [2.24, 2.45) is 0 Å². The number of benzene rings is 1. The Labute approximate surface area is 167 Å². The van der Waals surface area contributed by atoms with Crippen molar-refractivity contribution >= 4 is 35.0 Å². The summed E-state index contributed by atoms with van der Waals surface area (Å²) in [5, 5.41) is 0. The summed E-state index contributed by atoms with van der Waals surface area (Å²) in [6.07, 6.45) is 1.77. The molecule has 1 aliphatic heterocycles. The number of fused-ring (bicyclic) bond motifs is 2. The van der Waals surface area contributed by atoms with E-state index in [0.29, 0.717) is 35.2 Å². The maximum Gasteiger partial charge on any atom is 0.261 e. The van der Waals surface area contributed by atoms with E-state index in [1.807, 2.05) is 31.2 Å². The SMILES string of the molecule is CCN1c2ncc(CSc3ccccc3)cc2C(=O)N(C)c2ccc(F)nc21. The fraction of sp³-hybridized carbons (Fsp3) is 0.190. The lowest BCUT2D eigenvalue weighted by molar-refractivity contribution is 0.0994. The summed E-state index contributed by atoms with van der Waals surface area (Å²) < 4.78 is 13.8. The van der Waals surface area contributed by atoms with Gasteiger partial charge in [-0.2, -0.15) is 9.37 Å². The summed E-state index contributed by atoms with van der Waals surface area (Å²) in [4.78, 5) is 26.1. The van der Waals surface area contributed by atoms with Crippen molar-refractivity contribution in [2.45, 2.75) is 17.6 Å². The normalized spacial score (nSPS) is 13.2. The summed E-state index contributed by atoms with van der Waals surface area (Å²) >= 11 is 1.69. The number of amides is 1. The predicted molar refractivity (Wildman–Crippen MR) is 110 cm³/mol. The molecule has 4 rings (SSSR count). The molecule has 0 saturated heterocycles. The van der Waals surface area contributed by atoms with Crippen molar-refractivity contribution in [1.29, 1.82) is 0 Å². The lowest BCUT2D eigenvalue weighted by atomic mass is 10.1. The highest BCUT2D eigenvalue weighted by molar-refractivity contribution is 7.98. The van der Waals surface area contributed by atoms with Crippen molar-refractivity contribution in [3.05, 3.63) is 71.8 Å². The second-order valence-electron chi connectivity index (χ2n) is 6.40. The Kier molecular flexibility index (Phi) is 5.00. The molecule has 7 heteroatoms. The number of carbonyl (C=O) groups excluding carboxylic acids is 1. The number of anilines is 3. The van der Waals surface area contributed by atoms with Gasteiger partial charge in [-0.05, 0) is 42.8 Å². The zero-order valence-electron chi connectivity index (χ0n) is 15.6. The number of thioether (sulfide) groups is 1. The molecule has 0 atom stereocenters. The van der Waals surface area contributed by atoms with Crippen LogP contribution in [0.1, 0.15) is 22.8 Å². The molecule has 142 valence electrons. The van der Waals surface area contributed by atoms with Gasteiger partial charge in [0.25, 0.3) is 5.91 Å². The minimum Gasteiger partial charge on any atom is -0.309 e. The quantitative estimate of drug-likeness (QED) is 0.476. The van der Waals surface area contributed by atoms with E-state index in [0.717, 1.165) is 10.5 Å². The van der Waals surface area contributed by atoms with Gasteiger partial charge in [0.2, 0.25) is 5.95 Å². The largest absolute Gasteiger partial charge is 0.309 e. The first kappa shape index (κ1) is 18.4. The van der Waals surface area contributed by atoms with Gasteiger partial charge in [-0.25, -0.2) is 4.98 Å².